The summed E-state index contributed by atoms with van der Waals surface area (Å²) < 4.78 is 12.7. The van der Waals surface area contributed by atoms with Crippen LogP contribution in [0.5, 0.6) is 0 Å². The molecule has 5 rings (SSSR count). The van der Waals surface area contributed by atoms with Crippen LogP contribution < -0.4 is 16.4 Å². The minimum atomic E-state index is -0.567. The second kappa shape index (κ2) is 11.1. The van der Waals surface area contributed by atoms with E-state index in [0.29, 0.717) is 41.7 Å². The number of ether oxygens (including phenoxy) is 1. The number of nitrogens with one attached hydrogen (secondary N) is 2. The maximum absolute atomic E-state index is 12.0. The summed E-state index contributed by atoms with van der Waals surface area (Å²) in [7, 11) is 0. The van der Waals surface area contributed by atoms with Gasteiger partial charge in [0.1, 0.15) is 18.4 Å². The zero-order chi connectivity index (χ0) is 27.4. The highest BCUT2D eigenvalue weighted by atomic mass is 16.5. The van der Waals surface area contributed by atoms with Crippen LogP contribution >= 0.6 is 0 Å². The number of hydrogen-bond donors (Lipinski definition) is 3. The van der Waals surface area contributed by atoms with E-state index < -0.39 is 6.09 Å². The van der Waals surface area contributed by atoms with E-state index in [0.717, 1.165) is 27.5 Å². The van der Waals surface area contributed by atoms with Crippen molar-refractivity contribution in [2.75, 3.05) is 18.9 Å². The third kappa shape index (κ3) is 5.57. The smallest absolute Gasteiger partial charge is 0.407 e. The molecule has 3 heterocycles. The Labute approximate surface area is 223 Å². The third-order valence-corrected chi connectivity index (χ3v) is 6.04. The maximum atomic E-state index is 12.0. The highest BCUT2D eigenvalue weighted by molar-refractivity contribution is 6.07. The number of anilines is 1. The van der Waals surface area contributed by atoms with Crippen LogP contribution in [0.2, 0.25) is 0 Å². The number of oxazole rings is 1. The number of amides is 2. The Morgan fingerprint density at radius 2 is 1.85 bits per heavy atom. The van der Waals surface area contributed by atoms with Gasteiger partial charge in [-0.15, -0.1) is 0 Å². The summed E-state index contributed by atoms with van der Waals surface area (Å²) in [4.78, 5) is 37.0. The van der Waals surface area contributed by atoms with E-state index in [1.54, 1.807) is 13.1 Å². The van der Waals surface area contributed by atoms with Crippen molar-refractivity contribution in [3.8, 4) is 11.7 Å². The molecule has 0 aliphatic heterocycles. The predicted molar refractivity (Wildman–Crippen MR) is 146 cm³/mol. The fraction of sp³-hybridized carbons (Fsp3) is 0.179. The summed E-state index contributed by atoms with van der Waals surface area (Å²) in [5.41, 5.74) is 10.8. The lowest BCUT2D eigenvalue weighted by Crippen LogP contribution is -2.31. The Bertz CT molecular complexity index is 1660. The van der Waals surface area contributed by atoms with Crippen LogP contribution in [0.1, 0.15) is 18.1 Å². The normalized spacial score (nSPS) is 11.0. The molecule has 0 saturated heterocycles. The molecule has 0 radical (unpaired) electrons. The number of aromatic nitrogens is 4. The minimum Gasteiger partial charge on any atom is -0.448 e. The quantitative estimate of drug-likeness (QED) is 0.194. The van der Waals surface area contributed by atoms with Crippen LogP contribution in [0.15, 0.2) is 77.6 Å². The number of alkyl carbamates (subject to hydrolysis) is 1. The van der Waals surface area contributed by atoms with Crippen LogP contribution in [0.4, 0.5) is 10.6 Å². The average molecular weight is 526 g/mol. The topological polar surface area (TPSA) is 150 Å². The van der Waals surface area contributed by atoms with Crippen molar-refractivity contribution in [1.82, 2.24) is 30.2 Å². The van der Waals surface area contributed by atoms with Gasteiger partial charge in [-0.3, -0.25) is 4.79 Å². The van der Waals surface area contributed by atoms with Crippen LogP contribution in [0, 0.1) is 0 Å². The number of carbonyl (C=O) groups is 2. The molecule has 5 aromatic rings. The monoisotopic (exact) mass is 525 g/mol. The molecule has 0 spiro atoms. The fourth-order valence-corrected chi connectivity index (χ4v) is 4.14. The van der Waals surface area contributed by atoms with Gasteiger partial charge < -0.3 is 30.1 Å². The number of pyridine rings is 1. The third-order valence-electron chi connectivity index (χ3n) is 6.04. The first-order valence-corrected chi connectivity index (χ1v) is 12.3. The van der Waals surface area contributed by atoms with Gasteiger partial charge in [0, 0.05) is 24.0 Å². The molecule has 0 fully saturated rings. The van der Waals surface area contributed by atoms with Gasteiger partial charge in [-0.1, -0.05) is 49.0 Å². The molecule has 0 unspecified atom stereocenters. The Hall–Kier alpha value is -5.19. The van der Waals surface area contributed by atoms with Crippen molar-refractivity contribution >= 4 is 39.8 Å². The molecule has 11 heteroatoms. The second-order valence-electron chi connectivity index (χ2n) is 8.91. The molecule has 11 nitrogen and oxygen atoms in total. The largest absolute Gasteiger partial charge is 0.448 e. The Morgan fingerprint density at radius 1 is 1.08 bits per heavy atom. The Balaban J connectivity index is 1.31. The van der Waals surface area contributed by atoms with E-state index in [-0.39, 0.29) is 19.1 Å². The lowest BCUT2D eigenvalue weighted by molar-refractivity contribution is -0.117. The molecule has 0 atom stereocenters. The minimum absolute atomic E-state index is 0.0598. The van der Waals surface area contributed by atoms with E-state index in [4.69, 9.17) is 19.9 Å². The van der Waals surface area contributed by atoms with Crippen LogP contribution in [0.25, 0.3) is 33.7 Å². The summed E-state index contributed by atoms with van der Waals surface area (Å²) in [6.07, 6.45) is 2.51. The number of para-hydroxylation sites is 1. The zero-order valence-electron chi connectivity index (χ0n) is 21.3. The van der Waals surface area contributed by atoms with Gasteiger partial charge in [-0.2, -0.15) is 0 Å². The number of hydrogen-bond acceptors (Lipinski definition) is 8. The molecule has 2 aromatic carbocycles. The van der Waals surface area contributed by atoms with E-state index in [9.17, 15) is 9.59 Å². The number of nitrogens with two attached hydrogens (primary N) is 1. The first-order chi connectivity index (χ1) is 18.9. The summed E-state index contributed by atoms with van der Waals surface area (Å²) in [6, 6.07) is 15.6. The SMILES string of the molecule is C=C(C)C(=O)NCCOC(=O)NCc1ccc(Cn2c(-c3ncco3)nc3c(N)nc4ccccc4c32)cc1. The molecule has 0 aliphatic carbocycles. The predicted octanol–water partition coefficient (Wildman–Crippen LogP) is 3.79. The van der Waals surface area contributed by atoms with Crippen LogP contribution in [-0.4, -0.2) is 44.7 Å². The van der Waals surface area contributed by atoms with Crippen molar-refractivity contribution in [3.05, 3.63) is 84.3 Å². The van der Waals surface area contributed by atoms with Crippen LogP contribution in [-0.2, 0) is 22.6 Å². The van der Waals surface area contributed by atoms with Gasteiger partial charge in [0.05, 0.1) is 23.8 Å². The molecular weight excluding hydrogens is 498 g/mol. The first-order valence-electron chi connectivity index (χ1n) is 12.3. The number of benzene rings is 2. The molecular formula is C28H27N7O4. The van der Waals surface area contributed by atoms with Crippen molar-refractivity contribution in [2.45, 2.75) is 20.0 Å². The maximum Gasteiger partial charge on any atom is 0.407 e. The number of rotatable bonds is 9. The highest BCUT2D eigenvalue weighted by Gasteiger charge is 2.21. The molecule has 0 saturated carbocycles. The zero-order valence-corrected chi connectivity index (χ0v) is 21.3. The van der Waals surface area contributed by atoms with Crippen molar-refractivity contribution in [3.63, 3.8) is 0 Å². The molecule has 0 bridgehead atoms. The Morgan fingerprint density at radius 3 is 2.59 bits per heavy atom. The average Bonchev–Trinajstić information content (AvgIpc) is 3.59. The number of nitrogens with zero attached hydrogens (tertiary/aromatic N) is 4. The molecule has 4 N–H and O–H groups in total. The number of imidazole rings is 1. The summed E-state index contributed by atoms with van der Waals surface area (Å²) in [5.74, 6) is 0.992. The first kappa shape index (κ1) is 25.5. The van der Waals surface area contributed by atoms with Gasteiger partial charge in [-0.25, -0.2) is 19.7 Å². The lowest BCUT2D eigenvalue weighted by Gasteiger charge is -2.11. The molecule has 2 amide bonds. The van der Waals surface area contributed by atoms with Gasteiger partial charge in [0.2, 0.25) is 5.91 Å². The summed E-state index contributed by atoms with van der Waals surface area (Å²) in [6.45, 7) is 6.20. The van der Waals surface area contributed by atoms with Crippen molar-refractivity contribution in [1.29, 1.82) is 0 Å². The summed E-state index contributed by atoms with van der Waals surface area (Å²) in [5, 5.41) is 6.23. The van der Waals surface area contributed by atoms with Gasteiger partial charge in [-0.05, 0) is 24.1 Å². The van der Waals surface area contributed by atoms with Gasteiger partial charge in [0.25, 0.3) is 5.89 Å². The number of carbonyl (C=O) groups excluding carboxylic acids is 2. The number of nitrogen functional groups attached to an aromatic ring is 1. The number of fused-ring (bicyclic) bond motifs is 3. The van der Waals surface area contributed by atoms with E-state index >= 15 is 0 Å². The second-order valence-corrected chi connectivity index (χ2v) is 8.91. The molecule has 198 valence electrons. The molecule has 0 aliphatic rings. The Kier molecular flexibility index (Phi) is 7.21. The van der Waals surface area contributed by atoms with Crippen molar-refractivity contribution in [2.24, 2.45) is 0 Å². The van der Waals surface area contributed by atoms with Gasteiger partial charge in [0.15, 0.2) is 11.6 Å². The van der Waals surface area contributed by atoms with Crippen molar-refractivity contribution < 1.29 is 18.7 Å². The lowest BCUT2D eigenvalue weighted by atomic mass is 10.1. The standard InChI is InChI=1S/C28H27N7O4/c1-17(2)26(36)30-11-14-39-28(37)32-15-18-7-9-19(10-8-18)16-35-23-20-5-3-4-6-21(20)33-24(29)22(23)34-25(35)27-31-12-13-38-27/h3-10,12-13H,1,11,14-16H2,2H3,(H2,29,33)(H,30,36)(H,32,37). The van der Waals surface area contributed by atoms with Gasteiger partial charge >= 0.3 is 6.09 Å². The molecule has 39 heavy (non-hydrogen) atoms. The summed E-state index contributed by atoms with van der Waals surface area (Å²) >= 11 is 0. The van der Waals surface area contributed by atoms with E-state index in [1.165, 1.54) is 6.26 Å². The van der Waals surface area contributed by atoms with E-state index in [1.807, 2.05) is 53.1 Å². The van der Waals surface area contributed by atoms with Crippen LogP contribution in [0.3, 0.4) is 0 Å². The van der Waals surface area contributed by atoms with E-state index in [2.05, 4.69) is 27.2 Å². The highest BCUT2D eigenvalue weighted by Crippen LogP contribution is 2.32. The fourth-order valence-electron chi connectivity index (χ4n) is 4.14. The molecule has 3 aromatic heterocycles.